The summed E-state index contributed by atoms with van der Waals surface area (Å²) in [5.74, 6) is -0.164. The van der Waals surface area contributed by atoms with Gasteiger partial charge in [-0.15, -0.1) is 0 Å². The number of hydrogen-bond acceptors (Lipinski definition) is 5. The Morgan fingerprint density at radius 1 is 0.431 bits per heavy atom. The quantitative estimate of drug-likeness (QED) is 0.0578. The Morgan fingerprint density at radius 3 is 0.980 bits per heavy atom. The molecule has 11 heterocycles. The molecule has 0 aliphatic carbocycles. The van der Waals surface area contributed by atoms with E-state index in [9.17, 15) is 9.90 Å². The van der Waals surface area contributed by atoms with Crippen LogP contribution in [0.25, 0.3) is 0 Å². The maximum absolute atomic E-state index is 11.7. The van der Waals surface area contributed by atoms with Crippen LogP contribution in [0.15, 0.2) is 170 Å². The summed E-state index contributed by atoms with van der Waals surface area (Å²) in [5.41, 5.74) is 11.1. The summed E-state index contributed by atoms with van der Waals surface area (Å²) in [5, 5.41) is 18.4. The van der Waals surface area contributed by atoms with Gasteiger partial charge in [0, 0.05) is 163 Å². The smallest absolute Gasteiger partial charge is 0.330 e. The van der Waals surface area contributed by atoms with E-state index in [1.807, 2.05) is 13.8 Å². The highest BCUT2D eigenvalue weighted by Crippen LogP contribution is 2.54. The van der Waals surface area contributed by atoms with E-state index in [-0.39, 0.29) is 33.0 Å². The molecule has 10 unspecified atom stereocenters. The zero-order chi connectivity index (χ0) is 72.9. The summed E-state index contributed by atoms with van der Waals surface area (Å²) in [6.07, 6.45) is 26.2. The van der Waals surface area contributed by atoms with Crippen molar-refractivity contribution in [2.45, 2.75) is 355 Å². The van der Waals surface area contributed by atoms with E-state index in [4.69, 9.17) is 14.2 Å². The lowest BCUT2D eigenvalue weighted by atomic mass is 9.87. The molecule has 1 spiro atoms. The SMILES string of the molecule is C=C1CC2CCC(C1)[S+]2c1ccc(C(C)(C)C)cc1.CC(C)(C)c1ccc([S+]2C3CCC2CC2(CO2)C3)cc1.CC(C)(C)c1ccc([S+]2C3CCCC2COC3)cc1.CC1(O)CC2CCC(C1)[S+]2c1ccc(C(C)(C)C)cc1.CCOC(=O)C=C1CC2CCC(C1)[S+]2c1ccc(C(C)(C)C)cc1. The van der Waals surface area contributed by atoms with Crippen molar-refractivity contribution in [2.75, 3.05) is 26.4 Å². The van der Waals surface area contributed by atoms with Gasteiger partial charge in [0.2, 0.25) is 0 Å². The molecular weight excluding hydrogens is 1350 g/mol. The van der Waals surface area contributed by atoms with Crippen LogP contribution in [0.4, 0.5) is 0 Å². The standard InChI is InChI=1S/C21H29O2S.C18H25OS.C18H27OS.C18H25S.C17H25OS/c1-5-23-20(22)14-15-12-18-10-11-19(13-15)24(18)17-8-6-16(7-9-17)21(2,3)4;1-17(2,3)13-4-6-14(7-5-13)20-15-8-9-16(20)11-18(10-15)12-19-18;1-17(2,3)13-5-7-14(8-6-13)20-15-9-10-16(20)12-18(4,19)11-15;1-13-11-16-9-10-17(12-13)19(16)15-7-5-14(6-8-15)18(2,3)4;1-17(2,3)13-7-9-14(10-8-13)19-15-5-4-6-16(19)12-18-11-15/h6-9,14,18-19H,5,10-13H2,1-4H3;4-7,15-16H,8-12H2,1-3H3;5-8,15-16,19H,9-12H2,1-4H3;5-8,16-17H,1,9-12H2,2-4H3;7-10,15-16H,4-6,11-12H2,1-3H3/q5*+1. The summed E-state index contributed by atoms with van der Waals surface area (Å²) in [7, 11) is 2.14. The van der Waals surface area contributed by atoms with Gasteiger partial charge in [0.25, 0.3) is 0 Å². The Morgan fingerprint density at radius 2 is 0.696 bits per heavy atom. The summed E-state index contributed by atoms with van der Waals surface area (Å²) in [6, 6.07) is 47.2. The highest BCUT2D eigenvalue weighted by molar-refractivity contribution is 7.99. The molecule has 11 aliphatic rings. The van der Waals surface area contributed by atoms with Crippen molar-refractivity contribution < 1.29 is 24.1 Å². The molecule has 11 fully saturated rings. The van der Waals surface area contributed by atoms with E-state index < -0.39 is 5.60 Å². The number of ether oxygens (including phenoxy) is 3. The lowest BCUT2D eigenvalue weighted by molar-refractivity contribution is -0.137. The summed E-state index contributed by atoms with van der Waals surface area (Å²) < 4.78 is 16.6. The molecule has 10 heteroatoms. The highest BCUT2D eigenvalue weighted by atomic mass is 32.2. The van der Waals surface area contributed by atoms with Crippen LogP contribution < -0.4 is 0 Å². The van der Waals surface area contributed by atoms with Crippen LogP contribution in [-0.2, 0) is 101 Å². The van der Waals surface area contributed by atoms with Crippen LogP contribution in [0.2, 0.25) is 0 Å². The number of epoxide rings is 1. The number of allylic oxidation sites excluding steroid dienone is 2. The third kappa shape index (κ3) is 18.9. The van der Waals surface area contributed by atoms with Gasteiger partial charge in [0.05, 0.1) is 32.0 Å². The number of esters is 1. The zero-order valence-corrected chi connectivity index (χ0v) is 70.1. The van der Waals surface area contributed by atoms with Gasteiger partial charge >= 0.3 is 5.97 Å². The first-order valence-electron chi connectivity index (χ1n) is 39.7. The van der Waals surface area contributed by atoms with Gasteiger partial charge < -0.3 is 19.3 Å². The average molecular weight is 1480 g/mol. The molecule has 10 atom stereocenters. The van der Waals surface area contributed by atoms with Crippen LogP contribution in [-0.4, -0.2) is 101 Å². The number of carbonyl (C=O) groups is 1. The Labute approximate surface area is 634 Å². The minimum Gasteiger partial charge on any atom is -0.463 e. The second-order valence-electron chi connectivity index (χ2n) is 37.6. The molecule has 5 aromatic rings. The third-order valence-corrected chi connectivity index (χ3v) is 39.4. The summed E-state index contributed by atoms with van der Waals surface area (Å²) in [6.45, 7) is 45.8. The van der Waals surface area contributed by atoms with Gasteiger partial charge in [-0.1, -0.05) is 182 Å². The maximum Gasteiger partial charge on any atom is 0.330 e. The van der Waals surface area contributed by atoms with E-state index >= 15 is 0 Å². The fourth-order valence-corrected chi connectivity index (χ4v) is 35.5. The van der Waals surface area contributed by atoms with Crippen molar-refractivity contribution in [3.63, 3.8) is 0 Å². The van der Waals surface area contributed by atoms with Crippen LogP contribution >= 0.6 is 0 Å². The van der Waals surface area contributed by atoms with E-state index in [0.717, 1.165) is 77.0 Å². The molecule has 0 aromatic heterocycles. The summed E-state index contributed by atoms with van der Waals surface area (Å²) in [4.78, 5) is 19.6. The first kappa shape index (κ1) is 78.3. The molecule has 554 valence electrons. The van der Waals surface area contributed by atoms with Gasteiger partial charge in [-0.05, 0) is 149 Å². The van der Waals surface area contributed by atoms with E-state index in [1.54, 1.807) is 20.8 Å². The molecule has 11 saturated heterocycles. The van der Waals surface area contributed by atoms with Crippen molar-refractivity contribution in [2.24, 2.45) is 0 Å². The van der Waals surface area contributed by atoms with Crippen molar-refractivity contribution in [1.29, 1.82) is 0 Å². The second kappa shape index (κ2) is 31.7. The number of aliphatic hydroxyl groups is 1. The lowest BCUT2D eigenvalue weighted by Gasteiger charge is -2.34. The van der Waals surface area contributed by atoms with Crippen molar-refractivity contribution in [3.8, 4) is 0 Å². The second-order valence-corrected chi connectivity index (χ2v) is 50.4. The van der Waals surface area contributed by atoms with Crippen molar-refractivity contribution in [1.82, 2.24) is 0 Å². The third-order valence-electron chi connectivity index (χ3n) is 24.2. The van der Waals surface area contributed by atoms with Crippen molar-refractivity contribution in [3.05, 3.63) is 173 Å². The number of fused-ring (bicyclic) bond motifs is 10. The van der Waals surface area contributed by atoms with Crippen molar-refractivity contribution >= 4 is 60.4 Å². The number of carbonyl (C=O) groups excluding carboxylic acids is 1. The molecule has 0 saturated carbocycles. The first-order valence-corrected chi connectivity index (χ1v) is 46.5. The Balaban J connectivity index is 0.000000121. The van der Waals surface area contributed by atoms with Crippen LogP contribution in [0.1, 0.15) is 268 Å². The molecule has 5 nitrogen and oxygen atoms in total. The molecule has 11 aliphatic heterocycles. The lowest BCUT2D eigenvalue weighted by Crippen LogP contribution is -2.46. The van der Waals surface area contributed by atoms with Gasteiger partial charge in [0.1, 0.15) is 58.1 Å². The Hall–Kier alpha value is -3.32. The predicted molar refractivity (Wildman–Crippen MR) is 443 cm³/mol. The van der Waals surface area contributed by atoms with E-state index in [2.05, 4.69) is 232 Å². The molecular formula is C92H131O5S5+5. The van der Waals surface area contributed by atoms with Gasteiger partial charge in [-0.2, -0.15) is 0 Å². The normalized spacial score (nSPS) is 32.7. The highest BCUT2D eigenvalue weighted by Gasteiger charge is 2.63. The number of rotatable bonds is 7. The number of benzene rings is 5. The Bertz CT molecular complexity index is 3480. The van der Waals surface area contributed by atoms with Crippen LogP contribution in [0.3, 0.4) is 0 Å². The van der Waals surface area contributed by atoms with E-state index in [1.165, 1.54) is 145 Å². The Kier molecular flexibility index (Phi) is 24.3. The van der Waals surface area contributed by atoms with Crippen LogP contribution in [0.5, 0.6) is 0 Å². The molecule has 16 rings (SSSR count). The van der Waals surface area contributed by atoms with Crippen LogP contribution in [0, 0.1) is 0 Å². The zero-order valence-electron chi connectivity index (χ0n) is 66.0. The fourth-order valence-electron chi connectivity index (χ4n) is 18.5. The summed E-state index contributed by atoms with van der Waals surface area (Å²) >= 11 is 0. The fraction of sp³-hybridized carbons (Fsp3) is 0.620. The molecule has 1 N–H and O–H groups in total. The minimum absolute atomic E-state index is 0.164. The topological polar surface area (TPSA) is 68.3 Å². The average Bonchev–Trinajstić information content (AvgIpc) is 1.57. The van der Waals surface area contributed by atoms with Gasteiger partial charge in [-0.3, -0.25) is 0 Å². The largest absolute Gasteiger partial charge is 0.463 e. The predicted octanol–water partition coefficient (Wildman–Crippen LogP) is 21.6. The maximum atomic E-state index is 11.7. The molecule has 0 radical (unpaired) electrons. The molecule has 10 bridgehead atoms. The monoisotopic (exact) mass is 1480 g/mol. The van der Waals surface area contributed by atoms with Gasteiger partial charge in [0.15, 0.2) is 24.5 Å². The van der Waals surface area contributed by atoms with E-state index in [0.29, 0.717) is 87.7 Å². The minimum atomic E-state index is -0.416. The molecule has 0 amide bonds. The first-order chi connectivity index (χ1) is 48.1. The molecule has 102 heavy (non-hydrogen) atoms. The number of hydrogen-bond donors (Lipinski definition) is 1. The molecule has 5 aromatic carbocycles. The van der Waals surface area contributed by atoms with Gasteiger partial charge in [-0.25, -0.2) is 4.79 Å².